The van der Waals surface area contributed by atoms with Crippen LogP contribution in [0, 0.1) is 0 Å². The Kier molecular flexibility index (Phi) is 1.04. The molecule has 0 saturated carbocycles. The van der Waals surface area contributed by atoms with E-state index in [0.717, 1.165) is 6.42 Å². The summed E-state index contributed by atoms with van der Waals surface area (Å²) in [5.41, 5.74) is 4.99. The van der Waals surface area contributed by atoms with Gasteiger partial charge in [-0.2, -0.15) is 0 Å². The molecular formula is C6H9N3O2. The minimum absolute atomic E-state index is 0.0373. The Hall–Kier alpha value is -1.39. The van der Waals surface area contributed by atoms with Crippen molar-refractivity contribution in [3.63, 3.8) is 0 Å². The average Bonchev–Trinajstić information content (AvgIpc) is 2.53. The molecule has 0 radical (unpaired) electrons. The van der Waals surface area contributed by atoms with Gasteiger partial charge < -0.3 is 10.8 Å². The number of aromatic nitrogens is 2. The van der Waals surface area contributed by atoms with Gasteiger partial charge >= 0.3 is 0 Å². The van der Waals surface area contributed by atoms with Crippen LogP contribution in [0.4, 0.5) is 5.69 Å². The largest absolute Gasteiger partial charge is 0.492 e. The Labute approximate surface area is 62.6 Å². The quantitative estimate of drug-likeness (QED) is 0.522. The number of anilines is 1. The van der Waals surface area contributed by atoms with Crippen LogP contribution in [0.3, 0.4) is 0 Å². The van der Waals surface area contributed by atoms with Crippen LogP contribution < -0.4 is 11.3 Å². The van der Waals surface area contributed by atoms with Crippen molar-refractivity contribution in [2.24, 2.45) is 0 Å². The topological polar surface area (TPSA) is 73.2 Å². The van der Waals surface area contributed by atoms with Crippen molar-refractivity contribution in [2.45, 2.75) is 19.5 Å². The second kappa shape index (κ2) is 1.81. The molecule has 1 aliphatic rings. The lowest BCUT2D eigenvalue weighted by Crippen LogP contribution is -2.18. The molecule has 0 saturated heterocycles. The molecule has 5 nitrogen and oxygen atoms in total. The Bertz CT molecular complexity index is 349. The number of nitrogen functional groups attached to an aromatic ring is 1. The van der Waals surface area contributed by atoms with Crippen molar-refractivity contribution in [3.05, 3.63) is 10.4 Å². The lowest BCUT2D eigenvalue weighted by molar-refractivity contribution is 0.400. The molecule has 1 aromatic rings. The predicted octanol–water partition coefficient (Wildman–Crippen LogP) is -0.659. The van der Waals surface area contributed by atoms with Crippen molar-refractivity contribution in [1.29, 1.82) is 0 Å². The third-order valence-corrected chi connectivity index (χ3v) is 1.98. The first-order chi connectivity index (χ1) is 5.22. The van der Waals surface area contributed by atoms with E-state index in [-0.39, 0.29) is 17.1 Å². The highest BCUT2D eigenvalue weighted by molar-refractivity contribution is 5.46. The van der Waals surface area contributed by atoms with Gasteiger partial charge in [0.05, 0.1) is 0 Å². The SMILES string of the molecule is Nc1c(O)n2n(c1=O)CCC2. The van der Waals surface area contributed by atoms with Gasteiger partial charge in [-0.1, -0.05) is 0 Å². The summed E-state index contributed by atoms with van der Waals surface area (Å²) in [6.07, 6.45) is 0.892. The van der Waals surface area contributed by atoms with Crippen LogP contribution in [-0.4, -0.2) is 14.5 Å². The third kappa shape index (κ3) is 0.621. The highest BCUT2D eigenvalue weighted by atomic mass is 16.3. The predicted molar refractivity (Wildman–Crippen MR) is 39.4 cm³/mol. The molecule has 0 aliphatic carbocycles. The third-order valence-electron chi connectivity index (χ3n) is 1.98. The lowest BCUT2D eigenvalue weighted by Gasteiger charge is -1.97. The second-order valence-electron chi connectivity index (χ2n) is 2.64. The van der Waals surface area contributed by atoms with Crippen molar-refractivity contribution >= 4 is 5.69 Å². The lowest BCUT2D eigenvalue weighted by atomic mass is 10.4. The number of rotatable bonds is 0. The molecule has 1 aromatic heterocycles. The maximum atomic E-state index is 11.1. The second-order valence-corrected chi connectivity index (χ2v) is 2.64. The van der Waals surface area contributed by atoms with E-state index in [0.29, 0.717) is 13.1 Å². The summed E-state index contributed by atoms with van der Waals surface area (Å²) in [6, 6.07) is 0. The number of hydrogen-bond acceptors (Lipinski definition) is 3. The summed E-state index contributed by atoms with van der Waals surface area (Å²) in [7, 11) is 0. The highest BCUT2D eigenvalue weighted by Gasteiger charge is 2.20. The molecule has 2 rings (SSSR count). The van der Waals surface area contributed by atoms with E-state index in [1.165, 1.54) is 9.36 Å². The van der Waals surface area contributed by atoms with Crippen LogP contribution in [0.1, 0.15) is 6.42 Å². The van der Waals surface area contributed by atoms with E-state index in [1.54, 1.807) is 0 Å². The van der Waals surface area contributed by atoms with E-state index < -0.39 is 0 Å². The molecule has 0 bridgehead atoms. The zero-order valence-corrected chi connectivity index (χ0v) is 5.95. The monoisotopic (exact) mass is 155 g/mol. The van der Waals surface area contributed by atoms with Gasteiger partial charge in [-0.15, -0.1) is 0 Å². The number of aromatic hydroxyl groups is 1. The molecular weight excluding hydrogens is 146 g/mol. The first-order valence-electron chi connectivity index (χ1n) is 3.50. The smallest absolute Gasteiger partial charge is 0.293 e. The number of hydrogen-bond donors (Lipinski definition) is 2. The Balaban J connectivity index is 2.78. The Morgan fingerprint density at radius 3 is 2.64 bits per heavy atom. The fourth-order valence-electron chi connectivity index (χ4n) is 1.42. The van der Waals surface area contributed by atoms with Crippen molar-refractivity contribution in [1.82, 2.24) is 9.36 Å². The van der Waals surface area contributed by atoms with Gasteiger partial charge in [-0.3, -0.25) is 4.79 Å². The summed E-state index contributed by atoms with van der Waals surface area (Å²) >= 11 is 0. The van der Waals surface area contributed by atoms with Crippen LogP contribution in [0.25, 0.3) is 0 Å². The fourth-order valence-corrected chi connectivity index (χ4v) is 1.42. The number of nitrogens with zero attached hydrogens (tertiary/aromatic N) is 2. The van der Waals surface area contributed by atoms with E-state index in [9.17, 15) is 9.90 Å². The molecule has 11 heavy (non-hydrogen) atoms. The summed E-state index contributed by atoms with van der Waals surface area (Å²) in [5, 5.41) is 9.26. The minimum Gasteiger partial charge on any atom is -0.492 e. The van der Waals surface area contributed by atoms with E-state index in [2.05, 4.69) is 0 Å². The maximum Gasteiger partial charge on any atom is 0.293 e. The molecule has 0 amide bonds. The molecule has 1 aliphatic heterocycles. The van der Waals surface area contributed by atoms with Crippen LogP contribution >= 0.6 is 0 Å². The van der Waals surface area contributed by atoms with E-state index in [4.69, 9.17) is 5.73 Å². The first-order valence-corrected chi connectivity index (χ1v) is 3.50. The molecule has 0 fully saturated rings. The van der Waals surface area contributed by atoms with Gasteiger partial charge in [0.2, 0.25) is 5.88 Å². The molecule has 0 atom stereocenters. The van der Waals surface area contributed by atoms with Crippen LogP contribution in [-0.2, 0) is 13.1 Å². The standard InChI is InChI=1S/C6H9N3O2/c7-4-5(10)8-2-1-3-9(8)6(4)11/h10H,1-3,7H2. The number of fused-ring (bicyclic) bond motifs is 1. The molecule has 5 heteroatoms. The Morgan fingerprint density at radius 2 is 2.00 bits per heavy atom. The molecule has 0 unspecified atom stereocenters. The minimum atomic E-state index is -0.278. The molecule has 60 valence electrons. The summed E-state index contributed by atoms with van der Waals surface area (Å²) in [5.74, 6) is -0.0903. The highest BCUT2D eigenvalue weighted by Crippen LogP contribution is 2.20. The number of nitrogens with two attached hydrogens (primary N) is 1. The molecule has 0 spiro atoms. The average molecular weight is 155 g/mol. The van der Waals surface area contributed by atoms with E-state index in [1.807, 2.05) is 0 Å². The van der Waals surface area contributed by atoms with Gasteiger partial charge in [-0.05, 0) is 6.42 Å². The van der Waals surface area contributed by atoms with Gasteiger partial charge in [0, 0.05) is 13.1 Å². The van der Waals surface area contributed by atoms with Gasteiger partial charge in [0.15, 0.2) is 5.69 Å². The van der Waals surface area contributed by atoms with Crippen LogP contribution in [0.2, 0.25) is 0 Å². The van der Waals surface area contributed by atoms with Crippen molar-refractivity contribution in [2.75, 3.05) is 5.73 Å². The van der Waals surface area contributed by atoms with Crippen molar-refractivity contribution < 1.29 is 5.11 Å². The molecule has 3 N–H and O–H groups in total. The first kappa shape index (κ1) is 6.33. The zero-order chi connectivity index (χ0) is 8.01. The van der Waals surface area contributed by atoms with Crippen molar-refractivity contribution in [3.8, 4) is 5.88 Å². The van der Waals surface area contributed by atoms with Gasteiger partial charge in [-0.25, -0.2) is 9.36 Å². The van der Waals surface area contributed by atoms with E-state index >= 15 is 0 Å². The molecule has 2 heterocycles. The van der Waals surface area contributed by atoms with Gasteiger partial charge in [0.1, 0.15) is 0 Å². The Morgan fingerprint density at radius 1 is 1.36 bits per heavy atom. The fraction of sp³-hybridized carbons (Fsp3) is 0.500. The summed E-state index contributed by atoms with van der Waals surface area (Å²) in [6.45, 7) is 1.34. The summed E-state index contributed by atoms with van der Waals surface area (Å²) in [4.78, 5) is 11.1. The zero-order valence-electron chi connectivity index (χ0n) is 5.95. The van der Waals surface area contributed by atoms with Crippen LogP contribution in [0.5, 0.6) is 5.88 Å². The maximum absolute atomic E-state index is 11.1. The molecule has 0 aromatic carbocycles. The summed E-state index contributed by atoms with van der Waals surface area (Å²) < 4.78 is 2.97. The normalized spacial score (nSPS) is 15.3. The van der Waals surface area contributed by atoms with Gasteiger partial charge in [0.25, 0.3) is 5.56 Å². The van der Waals surface area contributed by atoms with Crippen LogP contribution in [0.15, 0.2) is 4.79 Å².